The van der Waals surface area contributed by atoms with E-state index < -0.39 is 0 Å². The van der Waals surface area contributed by atoms with Crippen LogP contribution in [-0.2, 0) is 6.42 Å². The Balaban J connectivity index is 0.00000160. The van der Waals surface area contributed by atoms with E-state index in [2.05, 4.69) is 38.5 Å². The van der Waals surface area contributed by atoms with Crippen molar-refractivity contribution in [2.24, 2.45) is 11.7 Å². The first-order valence-corrected chi connectivity index (χ1v) is 16.3. The summed E-state index contributed by atoms with van der Waals surface area (Å²) in [7, 11) is 0. The van der Waals surface area contributed by atoms with Gasteiger partial charge in [-0.25, -0.2) is 9.99 Å². The van der Waals surface area contributed by atoms with Crippen LogP contribution in [0.4, 0.5) is 11.8 Å². The molecule has 0 spiro atoms. The van der Waals surface area contributed by atoms with Gasteiger partial charge in [-0.1, -0.05) is 43.2 Å². The summed E-state index contributed by atoms with van der Waals surface area (Å²) < 4.78 is 8.37. The van der Waals surface area contributed by atoms with Crippen LogP contribution in [0.25, 0.3) is 11.2 Å². The second-order valence-corrected chi connectivity index (χ2v) is 12.7. The third-order valence-corrected chi connectivity index (χ3v) is 9.52. The van der Waals surface area contributed by atoms with Gasteiger partial charge in [0, 0.05) is 31.2 Å². The molecule has 2 aliphatic carbocycles. The number of para-hydroxylation sites is 1. The minimum Gasteiger partial charge on any atom is -0.457 e. The third kappa shape index (κ3) is 8.75. The van der Waals surface area contributed by atoms with Gasteiger partial charge in [-0.05, 0) is 93.5 Å². The number of benzene rings is 2. The largest absolute Gasteiger partial charge is 0.457 e. The van der Waals surface area contributed by atoms with Crippen molar-refractivity contribution in [2.75, 3.05) is 23.8 Å². The molecule has 0 unspecified atom stereocenters. The molecule has 1 saturated heterocycles. The number of rotatable bonds is 9. The topological polar surface area (TPSA) is 106 Å². The van der Waals surface area contributed by atoms with Gasteiger partial charge in [0.05, 0.1) is 6.33 Å². The highest BCUT2D eigenvalue weighted by Crippen LogP contribution is 2.34. The van der Waals surface area contributed by atoms with E-state index in [9.17, 15) is 0 Å². The Morgan fingerprint density at radius 3 is 2.26 bits per heavy atom. The molecular weight excluding hydrogens is 643 g/mol. The van der Waals surface area contributed by atoms with Crippen molar-refractivity contribution < 1.29 is 4.74 Å². The fourth-order valence-electron chi connectivity index (χ4n) is 7.05. The number of fused-ring (bicyclic) bond motifs is 1. The van der Waals surface area contributed by atoms with Gasteiger partial charge in [-0.2, -0.15) is 9.97 Å². The van der Waals surface area contributed by atoms with E-state index in [1.165, 1.54) is 31.2 Å². The van der Waals surface area contributed by atoms with Crippen LogP contribution in [0.5, 0.6) is 11.5 Å². The zero-order chi connectivity index (χ0) is 29.0. The number of nitrogens with zero attached hydrogens (tertiary/aromatic N) is 5. The molecule has 0 radical (unpaired) electrons. The first-order chi connectivity index (χ1) is 21.2. The Morgan fingerprint density at radius 1 is 0.804 bits per heavy atom. The number of hydrazine groups is 1. The molecule has 9 nitrogen and oxygen atoms in total. The van der Waals surface area contributed by atoms with Crippen molar-refractivity contribution in [1.29, 1.82) is 0 Å². The average Bonchev–Trinajstić information content (AvgIpc) is 3.71. The highest BCUT2D eigenvalue weighted by Gasteiger charge is 2.26. The van der Waals surface area contributed by atoms with Crippen LogP contribution in [0.2, 0.25) is 0 Å². The monoisotopic (exact) mass is 688 g/mol. The summed E-state index contributed by atoms with van der Waals surface area (Å²) in [6, 6.07) is 19.7. The molecular formula is C34H47Cl3N8O. The molecule has 2 aromatic carbocycles. The molecule has 1 aliphatic heterocycles. The summed E-state index contributed by atoms with van der Waals surface area (Å²) in [5, 5.41) is 5.96. The second kappa shape index (κ2) is 16.8. The summed E-state index contributed by atoms with van der Waals surface area (Å²) in [6.45, 7) is 1.92. The van der Waals surface area contributed by atoms with E-state index >= 15 is 0 Å². The van der Waals surface area contributed by atoms with Gasteiger partial charge in [0.15, 0.2) is 17.0 Å². The number of hydrogen-bond acceptors (Lipinski definition) is 8. The van der Waals surface area contributed by atoms with E-state index in [1.54, 1.807) is 0 Å². The lowest BCUT2D eigenvalue weighted by atomic mass is 9.90. The van der Waals surface area contributed by atoms with Crippen molar-refractivity contribution in [2.45, 2.75) is 88.8 Å². The number of imidazole rings is 1. The maximum atomic E-state index is 6.16. The molecule has 2 aromatic heterocycles. The van der Waals surface area contributed by atoms with Crippen LogP contribution in [0.15, 0.2) is 60.9 Å². The van der Waals surface area contributed by atoms with E-state index in [0.717, 1.165) is 86.5 Å². The van der Waals surface area contributed by atoms with Gasteiger partial charge < -0.3 is 25.8 Å². The number of piperidine rings is 1. The first-order valence-electron chi connectivity index (χ1n) is 16.3. The lowest BCUT2D eigenvalue weighted by Crippen LogP contribution is -2.39. The fourth-order valence-corrected chi connectivity index (χ4v) is 7.05. The molecule has 7 rings (SSSR count). The number of aromatic nitrogens is 4. The quantitative estimate of drug-likeness (QED) is 0.163. The summed E-state index contributed by atoms with van der Waals surface area (Å²) in [4.78, 5) is 14.8. The van der Waals surface area contributed by atoms with E-state index in [1.807, 2.05) is 42.7 Å². The van der Waals surface area contributed by atoms with Crippen LogP contribution in [0.1, 0.15) is 75.8 Å². The van der Waals surface area contributed by atoms with E-state index in [0.29, 0.717) is 30.0 Å². The molecule has 0 amide bonds. The predicted octanol–water partition coefficient (Wildman–Crippen LogP) is 7.96. The van der Waals surface area contributed by atoms with Gasteiger partial charge in [0.2, 0.25) is 5.95 Å². The summed E-state index contributed by atoms with van der Waals surface area (Å²) in [6.07, 6.45) is 14.4. The Labute approximate surface area is 290 Å². The smallest absolute Gasteiger partial charge is 0.227 e. The maximum absolute atomic E-state index is 6.16. The number of hydrogen-bond donors (Lipinski definition) is 3. The normalized spacial score (nSPS) is 20.7. The fraction of sp³-hybridized carbons (Fsp3) is 0.500. The third-order valence-electron chi connectivity index (χ3n) is 9.52. The van der Waals surface area contributed by atoms with Gasteiger partial charge in [-0.3, -0.25) is 0 Å². The van der Waals surface area contributed by atoms with Crippen molar-refractivity contribution in [1.82, 2.24) is 24.5 Å². The van der Waals surface area contributed by atoms with Crippen LogP contribution in [0, 0.1) is 5.92 Å². The number of nitrogens with two attached hydrogens (primary N) is 1. The molecule has 250 valence electrons. The molecule has 0 bridgehead atoms. The molecule has 0 atom stereocenters. The van der Waals surface area contributed by atoms with Crippen LogP contribution in [-0.4, -0.2) is 49.7 Å². The Morgan fingerprint density at radius 2 is 1.52 bits per heavy atom. The zero-order valence-corrected chi connectivity index (χ0v) is 28.7. The first kappa shape index (κ1) is 36.0. The Hall–Kier alpha value is -2.82. The van der Waals surface area contributed by atoms with Gasteiger partial charge in [0.25, 0.3) is 0 Å². The highest BCUT2D eigenvalue weighted by molar-refractivity contribution is 5.86. The van der Waals surface area contributed by atoms with Gasteiger partial charge in [0.1, 0.15) is 11.5 Å². The van der Waals surface area contributed by atoms with Crippen molar-refractivity contribution in [3.63, 3.8) is 0 Å². The minimum atomic E-state index is 0. The predicted molar refractivity (Wildman–Crippen MR) is 193 cm³/mol. The number of halogens is 3. The molecule has 12 heteroatoms. The van der Waals surface area contributed by atoms with Crippen LogP contribution < -0.4 is 21.2 Å². The summed E-state index contributed by atoms with van der Waals surface area (Å²) in [5.41, 5.74) is 13.0. The number of nitrogens with one attached hydrogen (secondary N) is 2. The molecule has 46 heavy (non-hydrogen) atoms. The molecule has 3 heterocycles. The van der Waals surface area contributed by atoms with Gasteiger partial charge >= 0.3 is 0 Å². The minimum absolute atomic E-state index is 0. The molecule has 4 aromatic rings. The van der Waals surface area contributed by atoms with E-state index in [-0.39, 0.29) is 37.2 Å². The molecule has 3 fully saturated rings. The maximum Gasteiger partial charge on any atom is 0.227 e. The standard InChI is InChI=1S/C34H44N8O.3ClH/c35-26-13-15-27(16-14-26)37-34-38-32(31-33(39-34)42(23-36-31)28-8-4-5-9-28)40-41-19-17-24(18-20-41)21-25-7-6-12-30(22-25)43-29-10-2-1-3-11-29;;;/h1-3,6-7,10-12,22-24,26-28H,4-5,8-9,13-21,35H2,(H2,37,38,39,40);3*1H. The Bertz CT molecular complexity index is 1500. The SMILES string of the molecule is Cl.Cl.Cl.NC1CCC(Nc2nc(NN3CCC(Cc4cccc(Oc5ccccc5)c4)CC3)c3ncn(C4CCCC4)c3n2)CC1. The Kier molecular flexibility index (Phi) is 13.2. The van der Waals surface area contributed by atoms with Gasteiger partial charge in [-0.15, -0.1) is 37.2 Å². The van der Waals surface area contributed by atoms with Crippen molar-refractivity contribution in [3.8, 4) is 11.5 Å². The highest BCUT2D eigenvalue weighted by atomic mass is 35.5. The van der Waals surface area contributed by atoms with E-state index in [4.69, 9.17) is 25.4 Å². The van der Waals surface area contributed by atoms with Crippen molar-refractivity contribution in [3.05, 3.63) is 66.5 Å². The summed E-state index contributed by atoms with van der Waals surface area (Å²) in [5.74, 6) is 3.90. The van der Waals surface area contributed by atoms with Crippen LogP contribution in [0.3, 0.4) is 0 Å². The lowest BCUT2D eigenvalue weighted by molar-refractivity contribution is 0.216. The molecule has 3 aliphatic rings. The molecule has 4 N–H and O–H groups in total. The average molecular weight is 690 g/mol. The lowest BCUT2D eigenvalue weighted by Gasteiger charge is -2.32. The zero-order valence-electron chi connectivity index (χ0n) is 26.2. The van der Waals surface area contributed by atoms with Crippen LogP contribution >= 0.6 is 37.2 Å². The number of anilines is 2. The summed E-state index contributed by atoms with van der Waals surface area (Å²) >= 11 is 0. The molecule has 2 saturated carbocycles. The van der Waals surface area contributed by atoms with Crippen molar-refractivity contribution >= 4 is 60.2 Å². The number of ether oxygens (including phenoxy) is 1. The second-order valence-electron chi connectivity index (χ2n) is 12.7.